The van der Waals surface area contributed by atoms with Gasteiger partial charge in [0, 0.05) is 10.6 Å². The Labute approximate surface area is 121 Å². The van der Waals surface area contributed by atoms with E-state index in [0.717, 1.165) is 0 Å². The molecule has 0 bridgehead atoms. The van der Waals surface area contributed by atoms with Gasteiger partial charge in [0.15, 0.2) is 0 Å². The van der Waals surface area contributed by atoms with Crippen LogP contribution in [0.4, 0.5) is 0 Å². The highest BCUT2D eigenvalue weighted by Gasteiger charge is 2.24. The summed E-state index contributed by atoms with van der Waals surface area (Å²) in [6.07, 6.45) is 0. The fraction of sp³-hybridized carbons (Fsp3) is 0.286. The Morgan fingerprint density at radius 1 is 1.45 bits per heavy atom. The maximum absolute atomic E-state index is 12.0. The maximum Gasteiger partial charge on any atom is 0.344 e. The van der Waals surface area contributed by atoms with E-state index in [-0.39, 0.29) is 6.61 Å². The predicted octanol–water partition coefficient (Wildman–Crippen LogP) is 3.49. The van der Waals surface area contributed by atoms with E-state index in [1.165, 1.54) is 7.11 Å². The van der Waals surface area contributed by atoms with Crippen LogP contribution in [0.15, 0.2) is 22.7 Å². The molecular weight excluding hydrogens is 282 g/mol. The summed E-state index contributed by atoms with van der Waals surface area (Å²) in [7, 11) is 1.52. The van der Waals surface area contributed by atoms with Gasteiger partial charge < -0.3 is 14.0 Å². The number of methoxy groups -OCH3 is 1. The Hall–Kier alpha value is -2.01. The van der Waals surface area contributed by atoms with E-state index < -0.39 is 5.97 Å². The van der Waals surface area contributed by atoms with Crippen molar-refractivity contribution in [2.24, 2.45) is 0 Å². The average molecular weight is 296 g/mol. The van der Waals surface area contributed by atoms with Crippen molar-refractivity contribution < 1.29 is 18.8 Å². The average Bonchev–Trinajstić information content (AvgIpc) is 2.80. The monoisotopic (exact) mass is 295 g/mol. The van der Waals surface area contributed by atoms with Gasteiger partial charge in [0.25, 0.3) is 0 Å². The van der Waals surface area contributed by atoms with Crippen molar-refractivity contribution in [3.05, 3.63) is 34.5 Å². The first-order valence-corrected chi connectivity index (χ1v) is 6.43. The first-order chi connectivity index (χ1) is 9.58. The third kappa shape index (κ3) is 2.63. The Morgan fingerprint density at radius 3 is 2.85 bits per heavy atom. The first-order valence-electron chi connectivity index (χ1n) is 6.05. The number of esters is 1. The van der Waals surface area contributed by atoms with E-state index in [2.05, 4.69) is 5.16 Å². The van der Waals surface area contributed by atoms with Crippen LogP contribution in [0, 0.1) is 6.92 Å². The van der Waals surface area contributed by atoms with Gasteiger partial charge >= 0.3 is 5.97 Å². The molecule has 0 aliphatic rings. The van der Waals surface area contributed by atoms with Crippen LogP contribution in [0.1, 0.15) is 23.0 Å². The van der Waals surface area contributed by atoms with Crippen LogP contribution in [0.5, 0.6) is 5.75 Å². The zero-order chi connectivity index (χ0) is 14.7. The van der Waals surface area contributed by atoms with Gasteiger partial charge in [0.1, 0.15) is 22.8 Å². The van der Waals surface area contributed by atoms with Crippen molar-refractivity contribution in [1.29, 1.82) is 0 Å². The van der Waals surface area contributed by atoms with E-state index in [9.17, 15) is 4.79 Å². The fourth-order valence-electron chi connectivity index (χ4n) is 1.86. The minimum atomic E-state index is -0.474. The molecule has 6 heteroatoms. The molecule has 106 valence electrons. The smallest absolute Gasteiger partial charge is 0.344 e. The summed E-state index contributed by atoms with van der Waals surface area (Å²) in [4.78, 5) is 12.0. The van der Waals surface area contributed by atoms with Crippen molar-refractivity contribution in [1.82, 2.24) is 5.16 Å². The summed E-state index contributed by atoms with van der Waals surface area (Å²) in [5.74, 6) is 0.435. The summed E-state index contributed by atoms with van der Waals surface area (Å²) in [6, 6.07) is 5.06. The quantitative estimate of drug-likeness (QED) is 0.808. The van der Waals surface area contributed by atoms with E-state index >= 15 is 0 Å². The summed E-state index contributed by atoms with van der Waals surface area (Å²) >= 11 is 5.92. The van der Waals surface area contributed by atoms with Crippen molar-refractivity contribution >= 4 is 17.6 Å². The molecular formula is C14H14ClNO4. The number of carbonyl (C=O) groups excluding carboxylic acids is 1. The molecule has 2 rings (SSSR count). The normalized spacial score (nSPS) is 10.4. The molecule has 0 radical (unpaired) electrons. The number of nitrogens with zero attached hydrogens (tertiary/aromatic N) is 1. The van der Waals surface area contributed by atoms with E-state index in [1.54, 1.807) is 32.0 Å². The topological polar surface area (TPSA) is 61.6 Å². The lowest BCUT2D eigenvalue weighted by Gasteiger charge is -2.08. The molecule has 1 aromatic heterocycles. The number of hydrogen-bond acceptors (Lipinski definition) is 5. The van der Waals surface area contributed by atoms with Crippen LogP contribution in [0.2, 0.25) is 5.02 Å². The number of benzene rings is 1. The molecule has 0 saturated heterocycles. The van der Waals surface area contributed by atoms with Crippen molar-refractivity contribution in [3.8, 4) is 17.0 Å². The summed E-state index contributed by atoms with van der Waals surface area (Å²) < 4.78 is 15.4. The molecule has 0 atom stereocenters. The number of hydrogen-bond donors (Lipinski definition) is 0. The Kier molecular flexibility index (Phi) is 4.29. The van der Waals surface area contributed by atoms with Gasteiger partial charge in [-0.2, -0.15) is 0 Å². The lowest BCUT2D eigenvalue weighted by molar-refractivity contribution is 0.0525. The first kappa shape index (κ1) is 14.4. The molecule has 5 nitrogen and oxygen atoms in total. The number of carbonyl (C=O) groups is 1. The number of rotatable bonds is 4. The van der Waals surface area contributed by atoms with Gasteiger partial charge in [0.05, 0.1) is 13.7 Å². The number of aryl methyl sites for hydroxylation is 1. The highest BCUT2D eigenvalue weighted by atomic mass is 35.5. The van der Waals surface area contributed by atoms with Gasteiger partial charge in [-0.15, -0.1) is 0 Å². The molecule has 0 N–H and O–H groups in total. The maximum atomic E-state index is 12.0. The highest BCUT2D eigenvalue weighted by molar-refractivity contribution is 6.30. The van der Waals surface area contributed by atoms with Crippen molar-refractivity contribution in [2.75, 3.05) is 13.7 Å². The second-order valence-corrected chi connectivity index (χ2v) is 4.46. The lowest BCUT2D eigenvalue weighted by atomic mass is 10.1. The van der Waals surface area contributed by atoms with Crippen LogP contribution in [0.3, 0.4) is 0 Å². The number of ether oxygens (including phenoxy) is 2. The Bertz CT molecular complexity index is 636. The molecule has 0 fully saturated rings. The summed E-state index contributed by atoms with van der Waals surface area (Å²) in [5, 5.41) is 4.46. The molecule has 20 heavy (non-hydrogen) atoms. The molecule has 0 unspecified atom stereocenters. The second-order valence-electron chi connectivity index (χ2n) is 4.03. The minimum Gasteiger partial charge on any atom is -0.496 e. The van der Waals surface area contributed by atoms with Gasteiger partial charge in [-0.3, -0.25) is 0 Å². The minimum absolute atomic E-state index is 0.278. The van der Waals surface area contributed by atoms with Gasteiger partial charge in [-0.25, -0.2) is 4.79 Å². The molecule has 2 aromatic rings. The molecule has 0 aliphatic heterocycles. The molecule has 0 amide bonds. The molecule has 1 heterocycles. The van der Waals surface area contributed by atoms with E-state index in [0.29, 0.717) is 33.4 Å². The van der Waals surface area contributed by atoms with E-state index in [4.69, 9.17) is 25.6 Å². The van der Waals surface area contributed by atoms with Crippen LogP contribution < -0.4 is 4.74 Å². The largest absolute Gasteiger partial charge is 0.496 e. The molecule has 1 aromatic carbocycles. The van der Waals surface area contributed by atoms with Gasteiger partial charge in [-0.05, 0) is 32.0 Å². The molecule has 0 spiro atoms. The van der Waals surface area contributed by atoms with Gasteiger partial charge in [-0.1, -0.05) is 16.8 Å². The van der Waals surface area contributed by atoms with Crippen molar-refractivity contribution in [2.45, 2.75) is 13.8 Å². The molecule has 0 aliphatic carbocycles. The summed E-state index contributed by atoms with van der Waals surface area (Å²) in [5.41, 5.74) is 1.30. The van der Waals surface area contributed by atoms with Crippen molar-refractivity contribution in [3.63, 3.8) is 0 Å². The standard InChI is InChI=1S/C14H14ClNO4/c1-4-19-14(17)12-8(2)20-16-13(12)10-6-5-9(15)7-11(10)18-3/h5-7H,4H2,1-3H3. The molecule has 0 saturated carbocycles. The third-order valence-electron chi connectivity index (χ3n) is 2.76. The van der Waals surface area contributed by atoms with Crippen LogP contribution >= 0.6 is 11.6 Å². The van der Waals surface area contributed by atoms with Crippen LogP contribution in [0.25, 0.3) is 11.3 Å². The zero-order valence-corrected chi connectivity index (χ0v) is 12.2. The third-order valence-corrected chi connectivity index (χ3v) is 3.00. The SMILES string of the molecule is CCOC(=O)c1c(-c2ccc(Cl)cc2OC)noc1C. The highest BCUT2D eigenvalue weighted by Crippen LogP contribution is 2.35. The van der Waals surface area contributed by atoms with Crippen LogP contribution in [-0.2, 0) is 4.74 Å². The fourth-order valence-corrected chi connectivity index (χ4v) is 2.02. The van der Waals surface area contributed by atoms with E-state index in [1.807, 2.05) is 0 Å². The Morgan fingerprint density at radius 2 is 2.20 bits per heavy atom. The lowest BCUT2D eigenvalue weighted by Crippen LogP contribution is -2.07. The number of aromatic nitrogens is 1. The zero-order valence-electron chi connectivity index (χ0n) is 11.4. The summed E-state index contributed by atoms with van der Waals surface area (Å²) in [6.45, 7) is 3.68. The van der Waals surface area contributed by atoms with Gasteiger partial charge in [0.2, 0.25) is 0 Å². The Balaban J connectivity index is 2.56. The predicted molar refractivity (Wildman–Crippen MR) is 74.2 cm³/mol. The van der Waals surface area contributed by atoms with Crippen LogP contribution in [-0.4, -0.2) is 24.8 Å². The second kappa shape index (κ2) is 5.96. The number of halogens is 1.